The van der Waals surface area contributed by atoms with E-state index in [2.05, 4.69) is 0 Å². The second-order valence-electron chi connectivity index (χ2n) is 5.37. The summed E-state index contributed by atoms with van der Waals surface area (Å²) < 4.78 is 0. The average molecular weight is 224 g/mol. The van der Waals surface area contributed by atoms with E-state index in [0.29, 0.717) is 0 Å². The number of carboxylic acid groups (broad SMARTS) is 2. The van der Waals surface area contributed by atoms with E-state index >= 15 is 0 Å². The normalized spacial score (nSPS) is 40.0. The third-order valence-electron chi connectivity index (χ3n) is 4.56. The van der Waals surface area contributed by atoms with Gasteiger partial charge >= 0.3 is 0 Å². The Morgan fingerprint density at radius 2 is 1.69 bits per heavy atom. The van der Waals surface area contributed by atoms with Gasteiger partial charge in [-0.3, -0.25) is 4.79 Å². The summed E-state index contributed by atoms with van der Waals surface area (Å²) in [6.07, 6.45) is 0.0319. The van der Waals surface area contributed by atoms with Crippen molar-refractivity contribution in [2.75, 3.05) is 0 Å². The molecule has 0 aromatic rings. The van der Waals surface area contributed by atoms with Crippen LogP contribution in [0.2, 0.25) is 0 Å². The molecule has 0 aromatic heterocycles. The van der Waals surface area contributed by atoms with Crippen LogP contribution in [0.25, 0.3) is 0 Å². The first-order chi connectivity index (χ1) is 7.21. The van der Waals surface area contributed by atoms with Crippen LogP contribution >= 0.6 is 0 Å². The Hall–Kier alpha value is -1.39. The molecule has 0 heterocycles. The van der Waals surface area contributed by atoms with E-state index in [9.17, 15) is 24.6 Å². The summed E-state index contributed by atoms with van der Waals surface area (Å²) >= 11 is 0. The fraction of sp³-hybridized carbons (Fsp3) is 0.727. The maximum Gasteiger partial charge on any atom is 0.151 e. The fourth-order valence-corrected chi connectivity index (χ4v) is 3.36. The maximum absolute atomic E-state index is 12.0. The predicted molar refractivity (Wildman–Crippen MR) is 47.5 cm³/mol. The zero-order chi connectivity index (χ0) is 12.4. The van der Waals surface area contributed by atoms with E-state index in [1.54, 1.807) is 0 Å². The van der Waals surface area contributed by atoms with Gasteiger partial charge < -0.3 is 19.8 Å². The topological polar surface area (TPSA) is 97.3 Å². The van der Waals surface area contributed by atoms with Gasteiger partial charge in [-0.2, -0.15) is 0 Å². The van der Waals surface area contributed by atoms with Crippen LogP contribution in [0.15, 0.2) is 0 Å². The van der Waals surface area contributed by atoms with Gasteiger partial charge in [0, 0.05) is 16.8 Å². The average Bonchev–Trinajstić information content (AvgIpc) is 2.64. The molecule has 2 aliphatic rings. The maximum atomic E-state index is 12.0. The van der Waals surface area contributed by atoms with Crippen LogP contribution < -0.4 is 10.2 Å². The minimum absolute atomic E-state index is 0.0472. The van der Waals surface area contributed by atoms with E-state index in [1.165, 1.54) is 13.8 Å². The third kappa shape index (κ3) is 0.854. The molecule has 0 amide bonds. The molecular weight excluding hydrogens is 212 g/mol. The Morgan fingerprint density at radius 1 is 1.12 bits per heavy atom. The molecule has 2 fully saturated rings. The number of Topliss-reactive ketones (excluding diaryl/α,β-unsaturated/α-hetero) is 1. The SMILES string of the molecule is CC1(C)C(=O)[C@]2(C(=O)[O-])CC[C@@]1(C(=O)[O-])C2. The van der Waals surface area contributed by atoms with Crippen molar-refractivity contribution in [1.29, 1.82) is 0 Å². The summed E-state index contributed by atoms with van der Waals surface area (Å²) in [6, 6.07) is 0. The molecule has 2 aliphatic carbocycles. The van der Waals surface area contributed by atoms with Crippen LogP contribution in [0.4, 0.5) is 0 Å². The van der Waals surface area contributed by atoms with Crippen molar-refractivity contribution < 1.29 is 24.6 Å². The molecule has 0 aromatic carbocycles. The lowest BCUT2D eigenvalue weighted by Gasteiger charge is -2.42. The number of carbonyl (C=O) groups excluding carboxylic acids is 3. The van der Waals surface area contributed by atoms with Crippen LogP contribution in [0.5, 0.6) is 0 Å². The highest BCUT2D eigenvalue weighted by Crippen LogP contribution is 2.67. The summed E-state index contributed by atoms with van der Waals surface area (Å²) in [5.41, 5.74) is -4.14. The lowest BCUT2D eigenvalue weighted by molar-refractivity contribution is -0.323. The molecular formula is C11H12O5-2. The van der Waals surface area contributed by atoms with E-state index in [4.69, 9.17) is 0 Å². The van der Waals surface area contributed by atoms with Gasteiger partial charge in [0.1, 0.15) is 0 Å². The molecule has 2 saturated carbocycles. The number of carbonyl (C=O) groups is 3. The van der Waals surface area contributed by atoms with Crippen LogP contribution in [-0.4, -0.2) is 17.7 Å². The van der Waals surface area contributed by atoms with Crippen LogP contribution in [0.1, 0.15) is 33.1 Å². The van der Waals surface area contributed by atoms with Crippen molar-refractivity contribution in [2.45, 2.75) is 33.1 Å². The number of ketones is 1. The lowest BCUT2D eigenvalue weighted by atomic mass is 9.63. The molecule has 0 saturated heterocycles. The Balaban J connectivity index is 2.61. The minimum atomic E-state index is -1.61. The zero-order valence-electron chi connectivity index (χ0n) is 9.16. The zero-order valence-corrected chi connectivity index (χ0v) is 9.16. The van der Waals surface area contributed by atoms with Gasteiger partial charge in [0.2, 0.25) is 0 Å². The van der Waals surface area contributed by atoms with E-state index < -0.39 is 34.0 Å². The van der Waals surface area contributed by atoms with Crippen LogP contribution in [-0.2, 0) is 14.4 Å². The molecule has 88 valence electrons. The van der Waals surface area contributed by atoms with Gasteiger partial charge in [0.25, 0.3) is 0 Å². The summed E-state index contributed by atoms with van der Waals surface area (Å²) in [6.45, 7) is 2.96. The van der Waals surface area contributed by atoms with E-state index in [0.717, 1.165) is 0 Å². The summed E-state index contributed by atoms with van der Waals surface area (Å²) in [5, 5.41) is 22.3. The van der Waals surface area contributed by atoms with E-state index in [-0.39, 0.29) is 19.3 Å². The van der Waals surface area contributed by atoms with Gasteiger partial charge in [0.15, 0.2) is 5.78 Å². The largest absolute Gasteiger partial charge is 0.550 e. The Morgan fingerprint density at radius 3 is 2.00 bits per heavy atom. The van der Waals surface area contributed by atoms with Crippen molar-refractivity contribution in [3.63, 3.8) is 0 Å². The number of hydrogen-bond acceptors (Lipinski definition) is 5. The molecule has 5 nitrogen and oxygen atoms in total. The molecule has 0 radical (unpaired) electrons. The smallest absolute Gasteiger partial charge is 0.151 e. The molecule has 0 aliphatic heterocycles. The molecule has 5 heteroatoms. The number of aliphatic carboxylic acids is 2. The van der Waals surface area contributed by atoms with Gasteiger partial charge in [-0.1, -0.05) is 13.8 Å². The monoisotopic (exact) mass is 224 g/mol. The van der Waals surface area contributed by atoms with Crippen molar-refractivity contribution in [3.8, 4) is 0 Å². The standard InChI is InChI=1S/C11H14O5/c1-9(2)6(12)10(7(13)14)3-4-11(9,5-10)8(15)16/h3-5H2,1-2H3,(H,13,14)(H,15,16)/p-2/t10-,11-/m0/s1. The van der Waals surface area contributed by atoms with E-state index in [1.807, 2.05) is 0 Å². The number of hydrogen-bond donors (Lipinski definition) is 0. The van der Waals surface area contributed by atoms with Gasteiger partial charge in [-0.05, 0) is 19.3 Å². The predicted octanol–water partition coefficient (Wildman–Crippen LogP) is -1.75. The van der Waals surface area contributed by atoms with Gasteiger partial charge in [0.05, 0.1) is 11.4 Å². The van der Waals surface area contributed by atoms with Crippen molar-refractivity contribution in [3.05, 3.63) is 0 Å². The quantitative estimate of drug-likeness (QED) is 0.518. The van der Waals surface area contributed by atoms with Crippen molar-refractivity contribution >= 4 is 17.7 Å². The van der Waals surface area contributed by atoms with Crippen molar-refractivity contribution in [2.24, 2.45) is 16.2 Å². The first kappa shape index (κ1) is 11.1. The highest BCUT2D eigenvalue weighted by atomic mass is 16.4. The third-order valence-corrected chi connectivity index (χ3v) is 4.56. The van der Waals surface area contributed by atoms with Gasteiger partial charge in [-0.25, -0.2) is 0 Å². The fourth-order valence-electron chi connectivity index (χ4n) is 3.36. The molecule has 2 bridgehead atoms. The second-order valence-corrected chi connectivity index (χ2v) is 5.37. The molecule has 0 N–H and O–H groups in total. The van der Waals surface area contributed by atoms with Crippen LogP contribution in [0, 0.1) is 16.2 Å². The molecule has 0 spiro atoms. The Kier molecular flexibility index (Phi) is 1.84. The summed E-state index contributed by atoms with van der Waals surface area (Å²) in [4.78, 5) is 34.4. The number of carboxylic acids is 2. The minimum Gasteiger partial charge on any atom is -0.550 e. The molecule has 2 atom stereocenters. The van der Waals surface area contributed by atoms with Gasteiger partial charge in [-0.15, -0.1) is 0 Å². The highest BCUT2D eigenvalue weighted by Gasteiger charge is 2.70. The summed E-state index contributed by atoms with van der Waals surface area (Å²) in [5.74, 6) is -3.31. The first-order valence-corrected chi connectivity index (χ1v) is 5.18. The number of rotatable bonds is 2. The lowest BCUT2D eigenvalue weighted by Crippen LogP contribution is -2.53. The summed E-state index contributed by atoms with van der Waals surface area (Å²) in [7, 11) is 0. The Labute approximate surface area is 92.5 Å². The molecule has 2 rings (SSSR count). The number of fused-ring (bicyclic) bond motifs is 2. The van der Waals surface area contributed by atoms with Crippen molar-refractivity contribution in [1.82, 2.24) is 0 Å². The highest BCUT2D eigenvalue weighted by molar-refractivity contribution is 6.11. The second kappa shape index (κ2) is 2.64. The molecule has 16 heavy (non-hydrogen) atoms. The van der Waals surface area contributed by atoms with Crippen LogP contribution in [0.3, 0.4) is 0 Å². The Bertz CT molecular complexity index is 411. The molecule has 0 unspecified atom stereocenters. The first-order valence-electron chi connectivity index (χ1n) is 5.18.